The molecule has 1 N–H and O–H groups in total. The molecule has 0 amide bonds. The van der Waals surface area contributed by atoms with Crippen molar-refractivity contribution >= 4 is 56.2 Å². The molecular formula is C30H30Cl3NO5S. The molecule has 1 aliphatic heterocycles. The zero-order valence-corrected chi connectivity index (χ0v) is 25.0. The first kappa shape index (κ1) is 30.3. The van der Waals surface area contributed by atoms with Crippen LogP contribution in [0.15, 0.2) is 71.6 Å². The molecule has 1 fully saturated rings. The van der Waals surface area contributed by atoms with Gasteiger partial charge in [-0.3, -0.25) is 4.90 Å². The van der Waals surface area contributed by atoms with Gasteiger partial charge in [0.15, 0.2) is 9.84 Å². The van der Waals surface area contributed by atoms with Crippen molar-refractivity contribution in [2.24, 2.45) is 0 Å². The zero-order valence-electron chi connectivity index (χ0n) is 21.9. The second-order valence-electron chi connectivity index (χ2n) is 9.68. The fourth-order valence-corrected chi connectivity index (χ4v) is 6.48. The molecule has 1 heterocycles. The predicted octanol–water partition coefficient (Wildman–Crippen LogP) is 8.00. The fourth-order valence-electron chi connectivity index (χ4n) is 4.83. The summed E-state index contributed by atoms with van der Waals surface area (Å²) in [7, 11) is -3.56. The number of nitrogens with zero attached hydrogens (tertiary/aromatic N) is 1. The van der Waals surface area contributed by atoms with Gasteiger partial charge in [-0.25, -0.2) is 8.42 Å². The lowest BCUT2D eigenvalue weighted by Gasteiger charge is -2.26. The molecule has 0 aromatic heterocycles. The highest BCUT2D eigenvalue weighted by Gasteiger charge is 2.21. The topological polar surface area (TPSA) is 76.1 Å². The van der Waals surface area contributed by atoms with Crippen molar-refractivity contribution < 1.29 is 23.0 Å². The Morgan fingerprint density at radius 2 is 1.52 bits per heavy atom. The summed E-state index contributed by atoms with van der Waals surface area (Å²) in [6, 6.07) is 19.1. The molecule has 0 saturated carbocycles. The molecule has 1 saturated heterocycles. The van der Waals surface area contributed by atoms with Crippen LogP contribution >= 0.6 is 35.6 Å². The molecule has 40 heavy (non-hydrogen) atoms. The predicted molar refractivity (Wildman–Crippen MR) is 164 cm³/mol. The van der Waals surface area contributed by atoms with Crippen LogP contribution in [0.1, 0.15) is 19.3 Å². The van der Waals surface area contributed by atoms with Crippen molar-refractivity contribution in [3.8, 4) is 34.1 Å². The van der Waals surface area contributed by atoms with Gasteiger partial charge in [-0.1, -0.05) is 41.8 Å². The Balaban J connectivity index is 0.00000370. The van der Waals surface area contributed by atoms with E-state index in [4.69, 9.17) is 32.7 Å². The summed E-state index contributed by atoms with van der Waals surface area (Å²) in [6.07, 6.45) is 4.90. The lowest BCUT2D eigenvalue weighted by atomic mass is 9.99. The van der Waals surface area contributed by atoms with Gasteiger partial charge in [0, 0.05) is 29.3 Å². The number of hydrogen-bond donors (Lipinski definition) is 1. The number of ether oxygens (including phenoxy) is 2. The summed E-state index contributed by atoms with van der Waals surface area (Å²) in [6.45, 7) is 3.80. The molecule has 0 radical (unpaired) electrons. The first-order valence-electron chi connectivity index (χ1n) is 12.8. The Bertz CT molecular complexity index is 1600. The van der Waals surface area contributed by atoms with Crippen molar-refractivity contribution in [2.45, 2.75) is 24.2 Å². The van der Waals surface area contributed by atoms with E-state index in [-0.39, 0.29) is 33.1 Å². The third-order valence-corrected chi connectivity index (χ3v) is 8.99. The molecule has 0 atom stereocenters. The highest BCUT2D eigenvalue weighted by Crippen LogP contribution is 2.45. The maximum absolute atomic E-state index is 12.1. The van der Waals surface area contributed by atoms with Crippen molar-refractivity contribution in [3.05, 3.63) is 76.8 Å². The molecule has 0 unspecified atom stereocenters. The third kappa shape index (κ3) is 6.78. The number of halogens is 3. The number of likely N-dealkylation sites (tertiary alicyclic amines) is 1. The maximum atomic E-state index is 12.1. The van der Waals surface area contributed by atoms with Gasteiger partial charge >= 0.3 is 0 Å². The van der Waals surface area contributed by atoms with E-state index in [9.17, 15) is 13.5 Å². The molecule has 0 aliphatic carbocycles. The van der Waals surface area contributed by atoms with E-state index in [1.54, 1.807) is 24.3 Å². The number of benzene rings is 4. The number of rotatable bonds is 8. The summed E-state index contributed by atoms with van der Waals surface area (Å²) in [4.78, 5) is 2.39. The molecule has 1 aliphatic rings. The van der Waals surface area contributed by atoms with Crippen LogP contribution in [0.5, 0.6) is 23.0 Å². The quantitative estimate of drug-likeness (QED) is 0.215. The number of hydrogen-bond acceptors (Lipinski definition) is 6. The van der Waals surface area contributed by atoms with E-state index in [0.29, 0.717) is 29.2 Å². The SMILES string of the molecule is CS(=O)(=O)c1ccc(-c2ccc3cc(O)ccc3c2Oc2ccc(OCCN3CCCCC3)cc2)c(Cl)c1Cl.Cl. The molecule has 10 heteroatoms. The van der Waals surface area contributed by atoms with Crippen LogP contribution < -0.4 is 9.47 Å². The monoisotopic (exact) mass is 621 g/mol. The molecule has 5 rings (SSSR count). The van der Waals surface area contributed by atoms with E-state index >= 15 is 0 Å². The largest absolute Gasteiger partial charge is 0.508 e. The van der Waals surface area contributed by atoms with Gasteiger partial charge in [0.2, 0.25) is 0 Å². The molecule has 6 nitrogen and oxygen atoms in total. The Kier molecular flexibility index (Phi) is 9.75. The lowest BCUT2D eigenvalue weighted by Crippen LogP contribution is -2.33. The van der Waals surface area contributed by atoms with Crippen molar-refractivity contribution in [2.75, 3.05) is 32.5 Å². The Labute approximate surface area is 250 Å². The van der Waals surface area contributed by atoms with E-state index in [2.05, 4.69) is 4.90 Å². The number of sulfone groups is 1. The summed E-state index contributed by atoms with van der Waals surface area (Å²) in [5.41, 5.74) is 1.15. The van der Waals surface area contributed by atoms with Crippen molar-refractivity contribution in [3.63, 3.8) is 0 Å². The van der Waals surface area contributed by atoms with Gasteiger partial charge in [-0.2, -0.15) is 0 Å². The Morgan fingerprint density at radius 3 is 2.23 bits per heavy atom. The summed E-state index contributed by atoms with van der Waals surface area (Å²) in [5.74, 6) is 1.96. The number of phenols is 1. The highest BCUT2D eigenvalue weighted by atomic mass is 35.5. The van der Waals surface area contributed by atoms with Gasteiger partial charge in [-0.05, 0) is 85.9 Å². The van der Waals surface area contributed by atoms with Crippen LogP contribution in [-0.4, -0.2) is 50.9 Å². The normalized spacial score (nSPS) is 14.1. The first-order chi connectivity index (χ1) is 18.7. The van der Waals surface area contributed by atoms with Gasteiger partial charge < -0.3 is 14.6 Å². The second kappa shape index (κ2) is 12.9. The molecular weight excluding hydrogens is 593 g/mol. The van der Waals surface area contributed by atoms with Gasteiger partial charge in [0.1, 0.15) is 29.6 Å². The minimum absolute atomic E-state index is 0. The van der Waals surface area contributed by atoms with E-state index < -0.39 is 9.84 Å². The van der Waals surface area contributed by atoms with E-state index in [1.165, 1.54) is 25.3 Å². The van der Waals surface area contributed by atoms with Crippen LogP contribution in [-0.2, 0) is 9.84 Å². The first-order valence-corrected chi connectivity index (χ1v) is 15.4. The van der Waals surface area contributed by atoms with E-state index in [0.717, 1.165) is 42.4 Å². The van der Waals surface area contributed by atoms with Crippen LogP contribution in [0.3, 0.4) is 0 Å². The van der Waals surface area contributed by atoms with Crippen LogP contribution in [0, 0.1) is 0 Å². The summed E-state index contributed by atoms with van der Waals surface area (Å²) < 4.78 is 36.6. The summed E-state index contributed by atoms with van der Waals surface area (Å²) >= 11 is 13.0. The van der Waals surface area contributed by atoms with Crippen molar-refractivity contribution in [1.82, 2.24) is 4.90 Å². The molecule has 212 valence electrons. The van der Waals surface area contributed by atoms with Crippen LogP contribution in [0.4, 0.5) is 0 Å². The number of piperidine rings is 1. The number of fused-ring (bicyclic) bond motifs is 1. The highest BCUT2D eigenvalue weighted by molar-refractivity contribution is 7.90. The maximum Gasteiger partial charge on any atom is 0.177 e. The Morgan fingerprint density at radius 1 is 0.850 bits per heavy atom. The second-order valence-corrected chi connectivity index (χ2v) is 12.4. The smallest absolute Gasteiger partial charge is 0.177 e. The number of phenolic OH excluding ortho intramolecular Hbond substituents is 1. The van der Waals surface area contributed by atoms with Gasteiger partial charge in [0.25, 0.3) is 0 Å². The van der Waals surface area contributed by atoms with Crippen LogP contribution in [0.2, 0.25) is 10.0 Å². The summed E-state index contributed by atoms with van der Waals surface area (Å²) in [5, 5.41) is 11.6. The third-order valence-electron chi connectivity index (χ3n) is 6.86. The zero-order chi connectivity index (χ0) is 27.6. The average Bonchev–Trinajstić information content (AvgIpc) is 2.91. The standard InChI is InChI=1S/C30H29Cl2NO5S.ClH/c1-39(35,36)27-14-13-25(28(31)29(27)32)26-11-5-20-19-21(34)6-12-24(20)30(26)38-23-9-7-22(8-10-23)37-18-17-33-15-3-2-4-16-33;/h5-14,19,34H,2-4,15-18H2,1H3;1H. The van der Waals surface area contributed by atoms with Crippen LogP contribution in [0.25, 0.3) is 21.9 Å². The minimum Gasteiger partial charge on any atom is -0.508 e. The van der Waals surface area contributed by atoms with Crippen molar-refractivity contribution in [1.29, 1.82) is 0 Å². The molecule has 4 aromatic rings. The minimum atomic E-state index is -3.56. The van der Waals surface area contributed by atoms with Gasteiger partial charge in [0.05, 0.1) is 14.9 Å². The van der Waals surface area contributed by atoms with Gasteiger partial charge in [-0.15, -0.1) is 12.4 Å². The molecule has 4 aromatic carbocycles. The lowest BCUT2D eigenvalue weighted by molar-refractivity contribution is 0.183. The molecule has 0 bridgehead atoms. The van der Waals surface area contributed by atoms with E-state index in [1.807, 2.05) is 36.4 Å². The fraction of sp³-hybridized carbons (Fsp3) is 0.267. The average molecular weight is 623 g/mol. The Hall–Kier alpha value is -2.68. The molecule has 0 spiro atoms. The number of aromatic hydroxyl groups is 1.